The summed E-state index contributed by atoms with van der Waals surface area (Å²) in [5, 5.41) is 14.3. The van der Waals surface area contributed by atoms with Gasteiger partial charge in [0.1, 0.15) is 0 Å². The van der Waals surface area contributed by atoms with Gasteiger partial charge in [-0.25, -0.2) is 4.79 Å². The van der Waals surface area contributed by atoms with Crippen LogP contribution in [0.15, 0.2) is 24.3 Å². The van der Waals surface area contributed by atoms with E-state index in [9.17, 15) is 14.4 Å². The van der Waals surface area contributed by atoms with Crippen molar-refractivity contribution >= 4 is 23.6 Å². The summed E-state index contributed by atoms with van der Waals surface area (Å²) in [5.74, 6) is -2.13. The van der Waals surface area contributed by atoms with Crippen LogP contribution < -0.4 is 10.6 Å². The van der Waals surface area contributed by atoms with E-state index in [1.807, 2.05) is 12.1 Å². The van der Waals surface area contributed by atoms with Gasteiger partial charge >= 0.3 is 12.0 Å². The van der Waals surface area contributed by atoms with Crippen molar-refractivity contribution in [3.05, 3.63) is 29.8 Å². The first-order valence-corrected chi connectivity index (χ1v) is 7.46. The predicted octanol–water partition coefficient (Wildman–Crippen LogP) is 1.16. The van der Waals surface area contributed by atoms with Crippen LogP contribution >= 0.6 is 0 Å². The van der Waals surface area contributed by atoms with Gasteiger partial charge < -0.3 is 20.6 Å². The number of benzene rings is 1. The Hall–Kier alpha value is -2.57. The van der Waals surface area contributed by atoms with Gasteiger partial charge in [0.15, 0.2) is 0 Å². The van der Waals surface area contributed by atoms with E-state index in [-0.39, 0.29) is 11.9 Å². The maximum absolute atomic E-state index is 11.9. The monoisotopic (exact) mass is 319 g/mol. The first-order valence-electron chi connectivity index (χ1n) is 7.46. The number of carbonyl (C=O) groups is 3. The molecule has 1 aromatic carbocycles. The zero-order chi connectivity index (χ0) is 17.0. The summed E-state index contributed by atoms with van der Waals surface area (Å²) in [7, 11) is 3.36. The van der Waals surface area contributed by atoms with E-state index in [0.717, 1.165) is 5.56 Å². The van der Waals surface area contributed by atoms with Crippen LogP contribution in [-0.2, 0) is 16.0 Å². The lowest BCUT2D eigenvalue weighted by atomic mass is 10.1. The highest BCUT2D eigenvalue weighted by Crippen LogP contribution is 2.39. The van der Waals surface area contributed by atoms with E-state index in [0.29, 0.717) is 25.1 Å². The first kappa shape index (κ1) is 16.8. The molecular formula is C16H21N3O4. The average Bonchev–Trinajstić information content (AvgIpc) is 3.29. The molecule has 0 spiro atoms. The van der Waals surface area contributed by atoms with Crippen molar-refractivity contribution in [2.24, 2.45) is 11.8 Å². The number of nitrogens with one attached hydrogen (secondary N) is 2. The minimum atomic E-state index is -0.916. The standard InChI is InChI=1S/C16H21N3O4/c1-19(2)16(23)17-8-7-10-3-5-11(6-4-10)18-14(20)12-9-13(12)15(21)22/h3-6,12-13H,7-9H2,1-2H3,(H,17,23)(H,18,20)(H,21,22)/t12-,13+/m1/s1. The summed E-state index contributed by atoms with van der Waals surface area (Å²) in [6, 6.07) is 7.17. The maximum atomic E-state index is 11.9. The topological polar surface area (TPSA) is 98.7 Å². The lowest BCUT2D eigenvalue weighted by Gasteiger charge is -2.12. The van der Waals surface area contributed by atoms with Gasteiger partial charge in [-0.05, 0) is 30.5 Å². The average molecular weight is 319 g/mol. The van der Waals surface area contributed by atoms with Crippen molar-refractivity contribution in [3.8, 4) is 0 Å². The fourth-order valence-corrected chi connectivity index (χ4v) is 2.22. The van der Waals surface area contributed by atoms with Gasteiger partial charge in [0.25, 0.3) is 0 Å². The fourth-order valence-electron chi connectivity index (χ4n) is 2.22. The number of amides is 3. The van der Waals surface area contributed by atoms with Crippen LogP contribution in [0, 0.1) is 11.8 Å². The number of carboxylic acid groups (broad SMARTS) is 1. The van der Waals surface area contributed by atoms with Crippen molar-refractivity contribution in [3.63, 3.8) is 0 Å². The summed E-state index contributed by atoms with van der Waals surface area (Å²) < 4.78 is 0. The predicted molar refractivity (Wildman–Crippen MR) is 85.1 cm³/mol. The summed E-state index contributed by atoms with van der Waals surface area (Å²) in [6.45, 7) is 0.533. The molecule has 0 bridgehead atoms. The van der Waals surface area contributed by atoms with Crippen LogP contribution in [0.4, 0.5) is 10.5 Å². The van der Waals surface area contributed by atoms with Crippen molar-refractivity contribution in [1.29, 1.82) is 0 Å². The molecular weight excluding hydrogens is 298 g/mol. The SMILES string of the molecule is CN(C)C(=O)NCCc1ccc(NC(=O)[C@@H]2C[C@@H]2C(=O)O)cc1. The Morgan fingerprint density at radius 1 is 1.17 bits per heavy atom. The summed E-state index contributed by atoms with van der Waals surface area (Å²) in [5.41, 5.74) is 1.68. The molecule has 1 aliphatic rings. The van der Waals surface area contributed by atoms with Gasteiger partial charge in [-0.15, -0.1) is 0 Å². The Morgan fingerprint density at radius 3 is 2.35 bits per heavy atom. The van der Waals surface area contributed by atoms with Crippen molar-refractivity contribution in [1.82, 2.24) is 10.2 Å². The molecule has 124 valence electrons. The second-order valence-corrected chi connectivity index (χ2v) is 5.85. The molecule has 0 heterocycles. The molecule has 0 aliphatic heterocycles. The highest BCUT2D eigenvalue weighted by molar-refractivity contribution is 5.98. The molecule has 0 aromatic heterocycles. The fraction of sp³-hybridized carbons (Fsp3) is 0.438. The van der Waals surface area contributed by atoms with Crippen LogP contribution in [0.25, 0.3) is 0 Å². The molecule has 0 unspecified atom stereocenters. The van der Waals surface area contributed by atoms with Gasteiger partial charge in [-0.2, -0.15) is 0 Å². The third-order valence-corrected chi connectivity index (χ3v) is 3.76. The second kappa shape index (κ2) is 7.13. The molecule has 7 nitrogen and oxygen atoms in total. The number of nitrogens with zero attached hydrogens (tertiary/aromatic N) is 1. The number of hydrogen-bond donors (Lipinski definition) is 3. The van der Waals surface area contributed by atoms with E-state index in [1.165, 1.54) is 4.90 Å². The first-order chi connectivity index (χ1) is 10.9. The number of hydrogen-bond acceptors (Lipinski definition) is 3. The molecule has 1 fully saturated rings. The molecule has 0 saturated heterocycles. The van der Waals surface area contributed by atoms with Crippen molar-refractivity contribution in [2.45, 2.75) is 12.8 Å². The number of carboxylic acids is 1. The number of carbonyl (C=O) groups excluding carboxylic acids is 2. The normalized spacial score (nSPS) is 18.9. The molecule has 1 aromatic rings. The van der Waals surface area contributed by atoms with Crippen LogP contribution in [0.3, 0.4) is 0 Å². The van der Waals surface area contributed by atoms with Crippen LogP contribution in [0.2, 0.25) is 0 Å². The molecule has 7 heteroatoms. The summed E-state index contributed by atoms with van der Waals surface area (Å²) >= 11 is 0. The largest absolute Gasteiger partial charge is 0.481 e. The van der Waals surface area contributed by atoms with E-state index in [4.69, 9.17) is 5.11 Å². The summed E-state index contributed by atoms with van der Waals surface area (Å²) in [4.78, 5) is 35.5. The van der Waals surface area contributed by atoms with Gasteiger partial charge in [0.2, 0.25) is 5.91 Å². The maximum Gasteiger partial charge on any atom is 0.316 e. The quantitative estimate of drug-likeness (QED) is 0.732. The Morgan fingerprint density at radius 2 is 1.83 bits per heavy atom. The van der Waals surface area contributed by atoms with Gasteiger partial charge in [0.05, 0.1) is 11.8 Å². The van der Waals surface area contributed by atoms with Gasteiger partial charge in [0, 0.05) is 26.3 Å². The lowest BCUT2D eigenvalue weighted by Crippen LogP contribution is -2.35. The highest BCUT2D eigenvalue weighted by atomic mass is 16.4. The molecule has 2 rings (SSSR count). The van der Waals surface area contributed by atoms with Crippen LogP contribution in [-0.4, -0.2) is 48.6 Å². The number of anilines is 1. The third-order valence-electron chi connectivity index (χ3n) is 3.76. The second-order valence-electron chi connectivity index (χ2n) is 5.85. The lowest BCUT2D eigenvalue weighted by molar-refractivity contribution is -0.139. The zero-order valence-electron chi connectivity index (χ0n) is 13.2. The molecule has 0 radical (unpaired) electrons. The number of urea groups is 1. The summed E-state index contributed by atoms with van der Waals surface area (Å²) in [6.07, 6.45) is 1.10. The molecule has 2 atom stereocenters. The Kier molecular flexibility index (Phi) is 5.20. The smallest absolute Gasteiger partial charge is 0.316 e. The van der Waals surface area contributed by atoms with Crippen LogP contribution in [0.1, 0.15) is 12.0 Å². The minimum Gasteiger partial charge on any atom is -0.481 e. The van der Waals surface area contributed by atoms with Crippen LogP contribution in [0.5, 0.6) is 0 Å². The molecule has 3 amide bonds. The minimum absolute atomic E-state index is 0.133. The molecule has 23 heavy (non-hydrogen) atoms. The zero-order valence-corrected chi connectivity index (χ0v) is 13.2. The van der Waals surface area contributed by atoms with Crippen molar-refractivity contribution in [2.75, 3.05) is 26.0 Å². The third kappa shape index (κ3) is 4.70. The van der Waals surface area contributed by atoms with E-state index < -0.39 is 17.8 Å². The Labute approximate surface area is 134 Å². The number of rotatable bonds is 6. The van der Waals surface area contributed by atoms with E-state index >= 15 is 0 Å². The van der Waals surface area contributed by atoms with Gasteiger partial charge in [-0.3, -0.25) is 9.59 Å². The molecule has 1 aliphatic carbocycles. The van der Waals surface area contributed by atoms with E-state index in [2.05, 4.69) is 10.6 Å². The molecule has 1 saturated carbocycles. The Bertz CT molecular complexity index is 598. The number of aliphatic carboxylic acids is 1. The van der Waals surface area contributed by atoms with Gasteiger partial charge in [-0.1, -0.05) is 12.1 Å². The Balaban J connectivity index is 1.77. The molecule has 3 N–H and O–H groups in total. The highest BCUT2D eigenvalue weighted by Gasteiger charge is 2.48. The van der Waals surface area contributed by atoms with E-state index in [1.54, 1.807) is 26.2 Å². The van der Waals surface area contributed by atoms with Crippen molar-refractivity contribution < 1.29 is 19.5 Å².